The van der Waals surface area contributed by atoms with Crippen LogP contribution in [-0.2, 0) is 6.42 Å². The smallest absolute Gasteiger partial charge is 0.0621 e. The van der Waals surface area contributed by atoms with Gasteiger partial charge in [0.2, 0.25) is 0 Å². The van der Waals surface area contributed by atoms with Crippen molar-refractivity contribution in [2.75, 3.05) is 13.1 Å². The van der Waals surface area contributed by atoms with Gasteiger partial charge < -0.3 is 5.32 Å². The van der Waals surface area contributed by atoms with Crippen molar-refractivity contribution < 1.29 is 0 Å². The molecule has 0 aliphatic heterocycles. The zero-order valence-electron chi connectivity index (χ0n) is 7.89. The Labute approximate surface area is 84.3 Å². The van der Waals surface area contributed by atoms with Crippen molar-refractivity contribution in [2.45, 2.75) is 19.8 Å². The number of hydrogen-bond acceptors (Lipinski definition) is 2. The van der Waals surface area contributed by atoms with Crippen LogP contribution in [-0.4, -0.2) is 18.1 Å². The summed E-state index contributed by atoms with van der Waals surface area (Å²) in [4.78, 5) is 3.94. The molecule has 0 aliphatic rings. The predicted molar refractivity (Wildman–Crippen MR) is 56.1 cm³/mol. The van der Waals surface area contributed by atoms with Crippen molar-refractivity contribution in [2.24, 2.45) is 0 Å². The first-order chi connectivity index (χ1) is 6.34. The van der Waals surface area contributed by atoms with Crippen LogP contribution in [0.4, 0.5) is 0 Å². The van der Waals surface area contributed by atoms with Gasteiger partial charge in [0.1, 0.15) is 0 Å². The van der Waals surface area contributed by atoms with E-state index in [2.05, 4.69) is 17.2 Å². The van der Waals surface area contributed by atoms with Gasteiger partial charge in [-0.1, -0.05) is 18.5 Å². The second-order valence-electron chi connectivity index (χ2n) is 2.92. The van der Waals surface area contributed by atoms with Crippen LogP contribution in [0.2, 0.25) is 5.02 Å². The summed E-state index contributed by atoms with van der Waals surface area (Å²) in [5, 5.41) is 4.06. The van der Waals surface area contributed by atoms with Crippen molar-refractivity contribution in [1.29, 1.82) is 0 Å². The molecule has 1 aromatic rings. The Balaban J connectivity index is 2.32. The molecule has 0 saturated carbocycles. The molecule has 0 bridgehead atoms. The fourth-order valence-corrected chi connectivity index (χ4v) is 1.40. The number of rotatable bonds is 5. The van der Waals surface area contributed by atoms with Gasteiger partial charge in [-0.05, 0) is 37.6 Å². The van der Waals surface area contributed by atoms with Gasteiger partial charge in [0.05, 0.1) is 5.02 Å². The molecule has 0 unspecified atom stereocenters. The van der Waals surface area contributed by atoms with E-state index < -0.39 is 0 Å². The largest absolute Gasteiger partial charge is 0.317 e. The molecule has 3 heteroatoms. The number of nitrogens with zero attached hydrogens (tertiary/aromatic N) is 1. The summed E-state index contributed by atoms with van der Waals surface area (Å²) < 4.78 is 0. The van der Waals surface area contributed by atoms with Crippen molar-refractivity contribution in [1.82, 2.24) is 10.3 Å². The van der Waals surface area contributed by atoms with Crippen molar-refractivity contribution >= 4 is 11.6 Å². The van der Waals surface area contributed by atoms with E-state index >= 15 is 0 Å². The Kier molecular flexibility index (Phi) is 4.79. The standard InChI is InChI=1S/C10H15ClN2/c1-2-12-6-3-4-9-5-7-13-8-10(9)11/h5,7-8,12H,2-4,6H2,1H3. The minimum absolute atomic E-state index is 0.777. The molecule has 1 rings (SSSR count). The Bertz CT molecular complexity index is 250. The molecule has 0 saturated heterocycles. The molecule has 72 valence electrons. The first-order valence-corrected chi connectivity index (χ1v) is 5.01. The number of aryl methyl sites for hydroxylation is 1. The van der Waals surface area contributed by atoms with Crippen LogP contribution in [0.25, 0.3) is 0 Å². The fraction of sp³-hybridized carbons (Fsp3) is 0.500. The number of pyridine rings is 1. The number of halogens is 1. The third-order valence-electron chi connectivity index (χ3n) is 1.91. The summed E-state index contributed by atoms with van der Waals surface area (Å²) >= 11 is 5.95. The SMILES string of the molecule is CCNCCCc1ccncc1Cl. The third-order valence-corrected chi connectivity index (χ3v) is 2.25. The van der Waals surface area contributed by atoms with Crippen LogP contribution in [0.1, 0.15) is 18.9 Å². The van der Waals surface area contributed by atoms with Gasteiger partial charge in [0.15, 0.2) is 0 Å². The molecule has 0 amide bonds. The topological polar surface area (TPSA) is 24.9 Å². The lowest BCUT2D eigenvalue weighted by molar-refractivity contribution is 0.672. The molecule has 0 spiro atoms. The Hall–Kier alpha value is -0.600. The van der Waals surface area contributed by atoms with E-state index in [1.807, 2.05) is 6.07 Å². The van der Waals surface area contributed by atoms with Crippen LogP contribution < -0.4 is 5.32 Å². The highest BCUT2D eigenvalue weighted by Gasteiger charge is 1.97. The lowest BCUT2D eigenvalue weighted by Gasteiger charge is -2.03. The highest BCUT2D eigenvalue weighted by atomic mass is 35.5. The van der Waals surface area contributed by atoms with Gasteiger partial charge in [0, 0.05) is 12.4 Å². The van der Waals surface area contributed by atoms with Gasteiger partial charge in [-0.15, -0.1) is 0 Å². The second kappa shape index (κ2) is 5.95. The third kappa shape index (κ3) is 3.75. The van der Waals surface area contributed by atoms with Gasteiger partial charge >= 0.3 is 0 Å². The monoisotopic (exact) mass is 198 g/mol. The molecule has 0 radical (unpaired) electrons. The van der Waals surface area contributed by atoms with Crippen LogP contribution in [0.5, 0.6) is 0 Å². The molecule has 2 nitrogen and oxygen atoms in total. The van der Waals surface area contributed by atoms with Crippen molar-refractivity contribution in [3.05, 3.63) is 29.0 Å². The summed E-state index contributed by atoms with van der Waals surface area (Å²) in [5.41, 5.74) is 1.19. The maximum atomic E-state index is 5.95. The number of nitrogens with one attached hydrogen (secondary N) is 1. The Morgan fingerprint density at radius 2 is 2.38 bits per heavy atom. The lowest BCUT2D eigenvalue weighted by Crippen LogP contribution is -2.14. The summed E-state index contributed by atoms with van der Waals surface area (Å²) in [6, 6.07) is 1.98. The van der Waals surface area contributed by atoms with Crippen LogP contribution in [0.3, 0.4) is 0 Å². The summed E-state index contributed by atoms with van der Waals surface area (Å²) in [6.45, 7) is 4.19. The second-order valence-corrected chi connectivity index (χ2v) is 3.33. The van der Waals surface area contributed by atoms with Crippen LogP contribution >= 0.6 is 11.6 Å². The molecule has 1 N–H and O–H groups in total. The molecule has 0 aromatic carbocycles. The maximum Gasteiger partial charge on any atom is 0.0621 e. The van der Waals surface area contributed by atoms with Gasteiger partial charge in [-0.2, -0.15) is 0 Å². The summed E-state index contributed by atoms with van der Waals surface area (Å²) in [6.07, 6.45) is 5.63. The van der Waals surface area contributed by atoms with Crippen molar-refractivity contribution in [3.63, 3.8) is 0 Å². The van der Waals surface area contributed by atoms with Gasteiger partial charge in [-0.25, -0.2) is 0 Å². The van der Waals surface area contributed by atoms with E-state index in [9.17, 15) is 0 Å². The van der Waals surface area contributed by atoms with Crippen LogP contribution in [0.15, 0.2) is 18.5 Å². The molecular formula is C10H15ClN2. The van der Waals surface area contributed by atoms with E-state index in [1.54, 1.807) is 12.4 Å². The minimum Gasteiger partial charge on any atom is -0.317 e. The van der Waals surface area contributed by atoms with E-state index in [4.69, 9.17) is 11.6 Å². The first kappa shape index (κ1) is 10.5. The molecule has 1 heterocycles. The van der Waals surface area contributed by atoms with Gasteiger partial charge in [0.25, 0.3) is 0 Å². The zero-order chi connectivity index (χ0) is 9.52. The van der Waals surface area contributed by atoms with Crippen molar-refractivity contribution in [3.8, 4) is 0 Å². The van der Waals surface area contributed by atoms with Crippen LogP contribution in [0, 0.1) is 0 Å². The predicted octanol–water partition coefficient (Wildman–Crippen LogP) is 2.28. The van der Waals surface area contributed by atoms with Gasteiger partial charge in [-0.3, -0.25) is 4.98 Å². The molecule has 0 atom stereocenters. The average Bonchev–Trinajstić information content (AvgIpc) is 2.15. The summed E-state index contributed by atoms with van der Waals surface area (Å²) in [7, 11) is 0. The van der Waals surface area contributed by atoms with E-state index in [0.29, 0.717) is 0 Å². The Morgan fingerprint density at radius 3 is 3.08 bits per heavy atom. The normalized spacial score (nSPS) is 10.3. The summed E-state index contributed by atoms with van der Waals surface area (Å²) in [5.74, 6) is 0. The van der Waals surface area contributed by atoms with E-state index in [0.717, 1.165) is 31.0 Å². The quantitative estimate of drug-likeness (QED) is 0.735. The number of hydrogen-bond donors (Lipinski definition) is 1. The van der Waals surface area contributed by atoms with E-state index in [1.165, 1.54) is 5.56 Å². The zero-order valence-corrected chi connectivity index (χ0v) is 8.64. The number of aromatic nitrogens is 1. The highest BCUT2D eigenvalue weighted by molar-refractivity contribution is 6.31. The maximum absolute atomic E-state index is 5.95. The molecule has 0 fully saturated rings. The lowest BCUT2D eigenvalue weighted by atomic mass is 10.1. The highest BCUT2D eigenvalue weighted by Crippen LogP contribution is 2.14. The average molecular weight is 199 g/mol. The Morgan fingerprint density at radius 1 is 1.54 bits per heavy atom. The molecule has 1 aromatic heterocycles. The molecule has 13 heavy (non-hydrogen) atoms. The minimum atomic E-state index is 0.777. The fourth-order valence-electron chi connectivity index (χ4n) is 1.19. The molecule has 0 aliphatic carbocycles. The molecular weight excluding hydrogens is 184 g/mol. The van der Waals surface area contributed by atoms with E-state index in [-0.39, 0.29) is 0 Å². The first-order valence-electron chi connectivity index (χ1n) is 4.63.